The molecule has 2 aromatic rings. The lowest BCUT2D eigenvalue weighted by atomic mass is 9.66. The van der Waals surface area contributed by atoms with Gasteiger partial charge in [-0.2, -0.15) is 13.2 Å². The molecule has 0 amide bonds. The van der Waals surface area contributed by atoms with Crippen LogP contribution in [0.1, 0.15) is 61.6 Å². The van der Waals surface area contributed by atoms with Crippen molar-refractivity contribution in [3.8, 4) is 0 Å². The molecule has 1 N–H and O–H groups in total. The van der Waals surface area contributed by atoms with E-state index in [1.807, 2.05) is 12.1 Å². The normalized spacial score (nSPS) is 23.4. The third kappa shape index (κ3) is 4.93. The Morgan fingerprint density at radius 2 is 1.77 bits per heavy atom. The molecule has 2 fully saturated rings. The van der Waals surface area contributed by atoms with Crippen molar-refractivity contribution in [2.24, 2.45) is 0 Å². The zero-order valence-electron chi connectivity index (χ0n) is 17.5. The molecule has 0 radical (unpaired) electrons. The van der Waals surface area contributed by atoms with Crippen LogP contribution < -0.4 is 5.32 Å². The molecule has 1 atom stereocenters. The molecular weight excluding hydrogens is 408 g/mol. The molecule has 31 heavy (non-hydrogen) atoms. The number of nitrogens with zero attached hydrogens (tertiary/aromatic N) is 1. The van der Waals surface area contributed by atoms with Crippen LogP contribution in [0.15, 0.2) is 42.7 Å². The van der Waals surface area contributed by atoms with E-state index in [9.17, 15) is 17.6 Å². The summed E-state index contributed by atoms with van der Waals surface area (Å²) in [6.07, 6.45) is 4.86. The van der Waals surface area contributed by atoms with Gasteiger partial charge in [0.1, 0.15) is 5.82 Å². The van der Waals surface area contributed by atoms with E-state index in [4.69, 9.17) is 4.74 Å². The minimum atomic E-state index is -4.40. The van der Waals surface area contributed by atoms with Gasteiger partial charge >= 0.3 is 6.18 Å². The summed E-state index contributed by atoms with van der Waals surface area (Å²) in [4.78, 5) is 3.85. The molecule has 2 aliphatic rings. The number of halogens is 4. The number of pyridine rings is 1. The van der Waals surface area contributed by atoms with Crippen LogP contribution in [0.2, 0.25) is 0 Å². The molecule has 4 rings (SSSR count). The molecule has 7 heteroatoms. The van der Waals surface area contributed by atoms with Gasteiger partial charge in [-0.1, -0.05) is 25.0 Å². The Balaban J connectivity index is 1.48. The molecule has 168 valence electrons. The van der Waals surface area contributed by atoms with E-state index in [2.05, 4.69) is 10.3 Å². The zero-order valence-corrected chi connectivity index (χ0v) is 17.5. The lowest BCUT2D eigenvalue weighted by molar-refractivity contribution is -0.138. The average molecular weight is 436 g/mol. The summed E-state index contributed by atoms with van der Waals surface area (Å²) in [5.74, 6) is -0.268. The molecular formula is C24H28F4N2O. The van der Waals surface area contributed by atoms with Gasteiger partial charge in [-0.05, 0) is 68.0 Å². The molecule has 1 aromatic carbocycles. The molecule has 1 saturated carbocycles. The fraction of sp³-hybridized carbons (Fsp3) is 0.542. The standard InChI is InChI=1S/C24H28F4N2O/c25-20-5-3-19(4-6-20)22(11-14-31-23(17-22)8-1-2-9-23)10-13-30-16-18-15-29-12-7-21(18)24(26,27)28/h3-7,12,15,30H,1-2,8-11,13-14,16-17H2/t22-/m0/s1. The topological polar surface area (TPSA) is 34.2 Å². The quantitative estimate of drug-likeness (QED) is 0.460. The third-order valence-corrected chi connectivity index (χ3v) is 6.93. The van der Waals surface area contributed by atoms with E-state index in [-0.39, 0.29) is 28.9 Å². The Bertz CT molecular complexity index is 878. The first-order valence-electron chi connectivity index (χ1n) is 10.9. The van der Waals surface area contributed by atoms with Crippen LogP contribution in [0.25, 0.3) is 0 Å². The second-order valence-electron chi connectivity index (χ2n) is 8.91. The number of benzene rings is 1. The monoisotopic (exact) mass is 436 g/mol. The lowest BCUT2D eigenvalue weighted by Crippen LogP contribution is -2.47. The van der Waals surface area contributed by atoms with Gasteiger partial charge in [0, 0.05) is 31.0 Å². The Kier molecular flexibility index (Phi) is 6.35. The summed E-state index contributed by atoms with van der Waals surface area (Å²) in [7, 11) is 0. The summed E-state index contributed by atoms with van der Waals surface area (Å²) >= 11 is 0. The Morgan fingerprint density at radius 3 is 2.48 bits per heavy atom. The zero-order chi connectivity index (χ0) is 22.0. The van der Waals surface area contributed by atoms with Gasteiger partial charge in [0.15, 0.2) is 0 Å². The maximum absolute atomic E-state index is 13.6. The first-order chi connectivity index (χ1) is 14.8. The van der Waals surface area contributed by atoms with Crippen LogP contribution in [0.4, 0.5) is 17.6 Å². The molecule has 2 heterocycles. The van der Waals surface area contributed by atoms with Gasteiger partial charge in [-0.3, -0.25) is 4.98 Å². The summed E-state index contributed by atoms with van der Waals surface area (Å²) in [6, 6.07) is 7.71. The molecule has 0 unspecified atom stereocenters. The van der Waals surface area contributed by atoms with E-state index >= 15 is 0 Å². The molecule has 0 bridgehead atoms. The third-order valence-electron chi connectivity index (χ3n) is 6.93. The Hall–Kier alpha value is -1.99. The van der Waals surface area contributed by atoms with Crippen LogP contribution in [0.5, 0.6) is 0 Å². The number of ether oxygens (including phenoxy) is 1. The lowest BCUT2D eigenvalue weighted by Gasteiger charge is -2.47. The number of aromatic nitrogens is 1. The van der Waals surface area contributed by atoms with Crippen molar-refractivity contribution in [2.75, 3.05) is 13.2 Å². The minimum absolute atomic E-state index is 0.101. The van der Waals surface area contributed by atoms with Crippen LogP contribution in [0, 0.1) is 5.82 Å². The van der Waals surface area contributed by atoms with Crippen molar-refractivity contribution >= 4 is 0 Å². The summed E-state index contributed by atoms with van der Waals surface area (Å²) < 4.78 is 59.5. The predicted octanol–water partition coefficient (Wildman–Crippen LogP) is 5.78. The second-order valence-corrected chi connectivity index (χ2v) is 8.91. The highest BCUT2D eigenvalue weighted by Crippen LogP contribution is 2.50. The molecule has 1 spiro atoms. The fourth-order valence-corrected chi connectivity index (χ4v) is 5.36. The van der Waals surface area contributed by atoms with Crippen molar-refractivity contribution in [3.63, 3.8) is 0 Å². The van der Waals surface area contributed by atoms with Crippen molar-refractivity contribution in [1.29, 1.82) is 0 Å². The largest absolute Gasteiger partial charge is 0.416 e. The highest BCUT2D eigenvalue weighted by atomic mass is 19.4. The first-order valence-corrected chi connectivity index (χ1v) is 10.9. The van der Waals surface area contributed by atoms with E-state index in [1.54, 1.807) is 0 Å². The molecule has 1 saturated heterocycles. The van der Waals surface area contributed by atoms with Crippen molar-refractivity contribution in [3.05, 3.63) is 65.2 Å². The number of alkyl halides is 3. The van der Waals surface area contributed by atoms with Gasteiger partial charge in [0.25, 0.3) is 0 Å². The highest BCUT2D eigenvalue weighted by molar-refractivity contribution is 5.29. The molecule has 1 aliphatic heterocycles. The maximum atomic E-state index is 13.6. The summed E-state index contributed by atoms with van der Waals surface area (Å²) in [5.41, 5.74) is 0.275. The SMILES string of the molecule is Fc1ccc([C@@]2(CCNCc3cnccc3C(F)(F)F)CCOC3(CCCC3)C2)cc1. The van der Waals surface area contributed by atoms with Crippen LogP contribution >= 0.6 is 0 Å². The van der Waals surface area contributed by atoms with Gasteiger partial charge < -0.3 is 10.1 Å². The number of nitrogens with one attached hydrogen (secondary N) is 1. The average Bonchev–Trinajstić information content (AvgIpc) is 3.18. The van der Waals surface area contributed by atoms with E-state index in [1.165, 1.54) is 24.5 Å². The Labute approximate surface area is 180 Å². The number of hydrogen-bond donors (Lipinski definition) is 1. The van der Waals surface area contributed by atoms with Gasteiger partial charge in [0.05, 0.1) is 11.2 Å². The van der Waals surface area contributed by atoms with Crippen molar-refractivity contribution < 1.29 is 22.3 Å². The Morgan fingerprint density at radius 1 is 1.03 bits per heavy atom. The second kappa shape index (κ2) is 8.87. The highest BCUT2D eigenvalue weighted by Gasteiger charge is 2.47. The minimum Gasteiger partial charge on any atom is -0.375 e. The van der Waals surface area contributed by atoms with E-state index in [0.29, 0.717) is 13.2 Å². The van der Waals surface area contributed by atoms with Crippen molar-refractivity contribution in [1.82, 2.24) is 10.3 Å². The van der Waals surface area contributed by atoms with Gasteiger partial charge in [0.2, 0.25) is 0 Å². The first kappa shape index (κ1) is 22.2. The van der Waals surface area contributed by atoms with E-state index in [0.717, 1.165) is 56.6 Å². The van der Waals surface area contributed by atoms with Gasteiger partial charge in [-0.15, -0.1) is 0 Å². The van der Waals surface area contributed by atoms with Crippen LogP contribution in [0.3, 0.4) is 0 Å². The summed E-state index contributed by atoms with van der Waals surface area (Å²) in [5, 5.41) is 3.19. The molecule has 1 aliphatic carbocycles. The van der Waals surface area contributed by atoms with Crippen LogP contribution in [-0.4, -0.2) is 23.7 Å². The maximum Gasteiger partial charge on any atom is 0.416 e. The fourth-order valence-electron chi connectivity index (χ4n) is 5.36. The van der Waals surface area contributed by atoms with E-state index < -0.39 is 11.7 Å². The van der Waals surface area contributed by atoms with Gasteiger partial charge in [-0.25, -0.2) is 4.39 Å². The molecule has 3 nitrogen and oxygen atoms in total. The van der Waals surface area contributed by atoms with Crippen LogP contribution in [-0.2, 0) is 22.9 Å². The predicted molar refractivity (Wildman–Crippen MR) is 110 cm³/mol. The summed E-state index contributed by atoms with van der Waals surface area (Å²) in [6.45, 7) is 1.31. The van der Waals surface area contributed by atoms with Crippen molar-refractivity contribution in [2.45, 2.75) is 68.7 Å². The molecule has 1 aromatic heterocycles. The number of rotatable bonds is 6. The number of hydrogen-bond acceptors (Lipinski definition) is 3. The smallest absolute Gasteiger partial charge is 0.375 e.